The molecule has 0 aliphatic carbocycles. The molecule has 2 heterocycles. The van der Waals surface area contributed by atoms with Crippen molar-refractivity contribution in [3.63, 3.8) is 0 Å². The lowest BCUT2D eigenvalue weighted by Gasteiger charge is -2.30. The maximum atomic E-state index is 14.3. The number of nitrogens with zero attached hydrogens (tertiary/aromatic N) is 1. The lowest BCUT2D eigenvalue weighted by atomic mass is 10.1. The van der Waals surface area contributed by atoms with E-state index in [1.165, 1.54) is 6.07 Å². The zero-order valence-corrected chi connectivity index (χ0v) is 12.2. The van der Waals surface area contributed by atoms with E-state index in [1.807, 2.05) is 4.90 Å². The van der Waals surface area contributed by atoms with Crippen LogP contribution in [0.25, 0.3) is 0 Å². The second kappa shape index (κ2) is 6.31. The van der Waals surface area contributed by atoms with Gasteiger partial charge in [-0.05, 0) is 24.6 Å². The number of hydrogen-bond donors (Lipinski definition) is 3. The molecule has 0 aromatic heterocycles. The van der Waals surface area contributed by atoms with Gasteiger partial charge in [-0.1, -0.05) is 0 Å². The van der Waals surface area contributed by atoms with Crippen LogP contribution in [0.5, 0.6) is 0 Å². The van der Waals surface area contributed by atoms with Crippen molar-refractivity contribution in [1.29, 1.82) is 0 Å². The van der Waals surface area contributed by atoms with Gasteiger partial charge >= 0.3 is 0 Å². The largest absolute Gasteiger partial charge is 0.374 e. The summed E-state index contributed by atoms with van der Waals surface area (Å²) in [6.45, 7) is 3.24. The molecule has 0 unspecified atom stereocenters. The number of amides is 2. The van der Waals surface area contributed by atoms with Gasteiger partial charge in [0, 0.05) is 38.3 Å². The van der Waals surface area contributed by atoms with Crippen LogP contribution < -0.4 is 20.9 Å². The van der Waals surface area contributed by atoms with Crippen molar-refractivity contribution in [2.45, 2.75) is 18.9 Å². The molecule has 2 saturated heterocycles. The number of carbonyl (C=O) groups excluding carboxylic acids is 2. The molecule has 0 spiro atoms. The number of benzene rings is 1. The van der Waals surface area contributed by atoms with E-state index >= 15 is 0 Å². The number of anilines is 2. The van der Waals surface area contributed by atoms with Crippen LogP contribution in [0.3, 0.4) is 0 Å². The summed E-state index contributed by atoms with van der Waals surface area (Å²) < 4.78 is 14.3. The summed E-state index contributed by atoms with van der Waals surface area (Å²) in [5, 5.41) is 8.49. The molecule has 22 heavy (non-hydrogen) atoms. The third-order valence-corrected chi connectivity index (χ3v) is 3.99. The smallest absolute Gasteiger partial charge is 0.249 e. The van der Waals surface area contributed by atoms with E-state index in [1.54, 1.807) is 12.1 Å². The Hall–Kier alpha value is -2.15. The Balaban J connectivity index is 1.69. The molecule has 3 rings (SSSR count). The maximum absolute atomic E-state index is 14.3. The Labute approximate surface area is 128 Å². The molecule has 2 aliphatic rings. The monoisotopic (exact) mass is 306 g/mol. The fourth-order valence-electron chi connectivity index (χ4n) is 2.79. The van der Waals surface area contributed by atoms with Gasteiger partial charge in [-0.3, -0.25) is 14.9 Å². The number of piperazine rings is 1. The van der Waals surface area contributed by atoms with E-state index in [2.05, 4.69) is 16.0 Å². The molecule has 0 bridgehead atoms. The van der Waals surface area contributed by atoms with Gasteiger partial charge in [0.1, 0.15) is 11.9 Å². The van der Waals surface area contributed by atoms with Gasteiger partial charge in [0.15, 0.2) is 0 Å². The highest BCUT2D eigenvalue weighted by atomic mass is 19.1. The van der Waals surface area contributed by atoms with Gasteiger partial charge in [0.25, 0.3) is 0 Å². The topological polar surface area (TPSA) is 73.5 Å². The summed E-state index contributed by atoms with van der Waals surface area (Å²) in [7, 11) is 0. The van der Waals surface area contributed by atoms with E-state index in [-0.39, 0.29) is 17.6 Å². The first kappa shape index (κ1) is 14.8. The van der Waals surface area contributed by atoms with Crippen LogP contribution in [0.4, 0.5) is 15.8 Å². The predicted octanol–water partition coefficient (Wildman–Crippen LogP) is 0.452. The summed E-state index contributed by atoms with van der Waals surface area (Å²) >= 11 is 0. The van der Waals surface area contributed by atoms with E-state index in [4.69, 9.17) is 0 Å². The minimum Gasteiger partial charge on any atom is -0.374 e. The van der Waals surface area contributed by atoms with Crippen LogP contribution in [0.2, 0.25) is 0 Å². The summed E-state index contributed by atoms with van der Waals surface area (Å²) in [5.41, 5.74) is 1.13. The zero-order chi connectivity index (χ0) is 15.5. The molecule has 2 fully saturated rings. The number of hydrogen-bond acceptors (Lipinski definition) is 5. The average molecular weight is 306 g/mol. The van der Waals surface area contributed by atoms with E-state index in [9.17, 15) is 14.0 Å². The number of piperidine rings is 1. The van der Waals surface area contributed by atoms with Crippen LogP contribution in [-0.2, 0) is 9.59 Å². The lowest BCUT2D eigenvalue weighted by molar-refractivity contribution is -0.133. The van der Waals surface area contributed by atoms with Crippen LogP contribution >= 0.6 is 0 Å². The van der Waals surface area contributed by atoms with E-state index < -0.39 is 6.04 Å². The van der Waals surface area contributed by atoms with Crippen LogP contribution in [0, 0.1) is 5.82 Å². The summed E-state index contributed by atoms with van der Waals surface area (Å²) in [6, 6.07) is 4.40. The minimum atomic E-state index is -0.498. The highest BCUT2D eigenvalue weighted by Crippen LogP contribution is 2.24. The first-order valence-corrected chi connectivity index (χ1v) is 7.49. The van der Waals surface area contributed by atoms with Crippen molar-refractivity contribution in [3.05, 3.63) is 24.0 Å². The fraction of sp³-hybridized carbons (Fsp3) is 0.467. The van der Waals surface area contributed by atoms with Gasteiger partial charge < -0.3 is 15.5 Å². The first-order valence-electron chi connectivity index (χ1n) is 7.49. The van der Waals surface area contributed by atoms with Crippen molar-refractivity contribution in [3.8, 4) is 0 Å². The Morgan fingerprint density at radius 3 is 2.68 bits per heavy atom. The second-order valence-electron chi connectivity index (χ2n) is 5.55. The highest BCUT2D eigenvalue weighted by molar-refractivity contribution is 6.01. The van der Waals surface area contributed by atoms with Crippen LogP contribution in [0.1, 0.15) is 12.8 Å². The molecule has 3 N–H and O–H groups in total. The molecule has 0 saturated carbocycles. The summed E-state index contributed by atoms with van der Waals surface area (Å²) in [5.74, 6) is -0.926. The Kier molecular flexibility index (Phi) is 4.24. The third kappa shape index (κ3) is 3.19. The number of imide groups is 1. The van der Waals surface area contributed by atoms with Crippen molar-refractivity contribution < 1.29 is 14.0 Å². The Morgan fingerprint density at radius 1 is 1.23 bits per heavy atom. The zero-order valence-electron chi connectivity index (χ0n) is 12.2. The quantitative estimate of drug-likeness (QED) is 0.707. The molecular weight excluding hydrogens is 287 g/mol. The van der Waals surface area contributed by atoms with Gasteiger partial charge in [0.2, 0.25) is 11.8 Å². The average Bonchev–Trinajstić information content (AvgIpc) is 2.51. The van der Waals surface area contributed by atoms with Gasteiger partial charge in [0.05, 0.1) is 5.69 Å². The second-order valence-corrected chi connectivity index (χ2v) is 5.55. The van der Waals surface area contributed by atoms with Gasteiger partial charge in [-0.25, -0.2) is 4.39 Å². The molecule has 1 aromatic rings. The highest BCUT2D eigenvalue weighted by Gasteiger charge is 2.26. The molecule has 6 nitrogen and oxygen atoms in total. The molecule has 2 aliphatic heterocycles. The molecule has 118 valence electrons. The molecule has 1 aromatic carbocycles. The van der Waals surface area contributed by atoms with Crippen molar-refractivity contribution >= 4 is 23.2 Å². The lowest BCUT2D eigenvalue weighted by Crippen LogP contribution is -2.47. The van der Waals surface area contributed by atoms with Crippen molar-refractivity contribution in [1.82, 2.24) is 10.6 Å². The predicted molar refractivity (Wildman–Crippen MR) is 81.3 cm³/mol. The van der Waals surface area contributed by atoms with Gasteiger partial charge in [-0.15, -0.1) is 0 Å². The fourth-order valence-corrected chi connectivity index (χ4v) is 2.79. The third-order valence-electron chi connectivity index (χ3n) is 3.99. The maximum Gasteiger partial charge on any atom is 0.249 e. The van der Waals surface area contributed by atoms with Crippen molar-refractivity contribution in [2.24, 2.45) is 0 Å². The number of halogens is 1. The van der Waals surface area contributed by atoms with Crippen LogP contribution in [-0.4, -0.2) is 44.0 Å². The number of nitrogens with one attached hydrogen (secondary N) is 3. The molecule has 7 heteroatoms. The SMILES string of the molecule is O=C1CC[C@H](Nc2ccc(N3CCNCC3)c(F)c2)C(=O)N1. The standard InChI is InChI=1S/C15H19FN4O2/c16-11-9-10(18-12-2-4-14(21)19-15(12)22)1-3-13(11)20-7-5-17-6-8-20/h1,3,9,12,17-18H,2,4-8H2,(H,19,21,22)/t12-/m0/s1. The number of rotatable bonds is 3. The van der Waals surface area contributed by atoms with Crippen LogP contribution in [0.15, 0.2) is 18.2 Å². The van der Waals surface area contributed by atoms with E-state index in [0.29, 0.717) is 24.2 Å². The molecular formula is C15H19FN4O2. The number of carbonyl (C=O) groups is 2. The van der Waals surface area contributed by atoms with Crippen molar-refractivity contribution in [2.75, 3.05) is 36.4 Å². The van der Waals surface area contributed by atoms with Gasteiger partial charge in [-0.2, -0.15) is 0 Å². The Morgan fingerprint density at radius 2 is 2.00 bits per heavy atom. The molecule has 0 radical (unpaired) electrons. The summed E-state index contributed by atoms with van der Waals surface area (Å²) in [4.78, 5) is 24.8. The normalized spacial score (nSPS) is 22.4. The molecule has 2 amide bonds. The molecule has 1 atom stereocenters. The Bertz CT molecular complexity index is 587. The van der Waals surface area contributed by atoms with E-state index in [0.717, 1.165) is 26.2 Å². The first-order chi connectivity index (χ1) is 10.6. The minimum absolute atomic E-state index is 0.261. The summed E-state index contributed by atoms with van der Waals surface area (Å²) in [6.07, 6.45) is 0.719.